The van der Waals surface area contributed by atoms with Gasteiger partial charge in [-0.05, 0) is 85.8 Å². The molecule has 3 N–H and O–H groups in total. The Labute approximate surface area is 250 Å². The summed E-state index contributed by atoms with van der Waals surface area (Å²) in [6.45, 7) is 1.92. The molecule has 42 heavy (non-hydrogen) atoms. The number of aliphatic hydroxyl groups is 2. The predicted molar refractivity (Wildman–Crippen MR) is 158 cm³/mol. The fraction of sp³-hybridized carbons (Fsp3) is 0.531. The van der Waals surface area contributed by atoms with Crippen LogP contribution in [0.1, 0.15) is 55.3 Å². The Morgan fingerprint density at radius 2 is 2.05 bits per heavy atom. The molecule has 9 nitrogen and oxygen atoms in total. The monoisotopic (exact) mass is 595 g/mol. The van der Waals surface area contributed by atoms with E-state index in [1.807, 2.05) is 24.3 Å². The minimum absolute atomic E-state index is 0.0775. The molecule has 1 aromatic carbocycles. The van der Waals surface area contributed by atoms with Crippen molar-refractivity contribution in [2.45, 2.75) is 62.1 Å². The highest BCUT2D eigenvalue weighted by Gasteiger charge is 2.47. The van der Waals surface area contributed by atoms with Crippen LogP contribution in [0, 0.1) is 11.8 Å². The average molecular weight is 596 g/mol. The molecule has 1 amide bonds. The number of carbonyl (C=O) groups excluding carboxylic acids is 1. The van der Waals surface area contributed by atoms with E-state index in [1.54, 1.807) is 13.1 Å². The van der Waals surface area contributed by atoms with Crippen LogP contribution in [0.4, 0.5) is 5.82 Å². The van der Waals surface area contributed by atoms with E-state index in [0.29, 0.717) is 49.3 Å². The van der Waals surface area contributed by atoms with Crippen LogP contribution >= 0.6 is 11.6 Å². The first-order valence-electron chi connectivity index (χ1n) is 14.8. The van der Waals surface area contributed by atoms with Crippen LogP contribution in [0.25, 0.3) is 0 Å². The van der Waals surface area contributed by atoms with E-state index in [9.17, 15) is 24.9 Å². The number of aliphatic hydroxyl groups excluding tert-OH is 1. The first-order chi connectivity index (χ1) is 20.1. The topological polar surface area (TPSA) is 123 Å². The second-order valence-corrected chi connectivity index (χ2v) is 12.9. The largest absolute Gasteiger partial charge is 0.489 e. The summed E-state index contributed by atoms with van der Waals surface area (Å²) in [5.41, 5.74) is -0.558. The predicted octanol–water partition coefficient (Wildman–Crippen LogP) is 3.68. The quantitative estimate of drug-likeness (QED) is 0.427. The smallest absolute Gasteiger partial charge is 0.342 e. The number of anilines is 1. The number of carboxylic acid groups (broad SMARTS) is 1. The summed E-state index contributed by atoms with van der Waals surface area (Å²) in [5.74, 6) is -0.813. The lowest BCUT2D eigenvalue weighted by Gasteiger charge is -2.45. The van der Waals surface area contributed by atoms with Crippen molar-refractivity contribution in [1.29, 1.82) is 0 Å². The number of carbonyl (C=O) groups is 2. The second-order valence-electron chi connectivity index (χ2n) is 12.5. The molecule has 10 heteroatoms. The van der Waals surface area contributed by atoms with Crippen molar-refractivity contribution >= 4 is 29.3 Å². The lowest BCUT2D eigenvalue weighted by atomic mass is 9.68. The number of carboxylic acids is 1. The summed E-state index contributed by atoms with van der Waals surface area (Å²) in [7, 11) is 1.58. The Kier molecular flexibility index (Phi) is 7.70. The molecule has 0 unspecified atom stereocenters. The number of aliphatic carboxylic acids is 1. The average Bonchev–Trinajstić information content (AvgIpc) is 3.09. The molecule has 2 aromatic rings. The van der Waals surface area contributed by atoms with Crippen molar-refractivity contribution in [2.75, 3.05) is 38.2 Å². The minimum Gasteiger partial charge on any atom is -0.489 e. The summed E-state index contributed by atoms with van der Waals surface area (Å²) in [6.07, 6.45) is 7.62. The zero-order valence-electron chi connectivity index (χ0n) is 23.8. The zero-order valence-corrected chi connectivity index (χ0v) is 24.6. The third-order valence-corrected chi connectivity index (χ3v) is 10.1. The van der Waals surface area contributed by atoms with Crippen molar-refractivity contribution in [1.82, 2.24) is 9.88 Å². The molecule has 4 aliphatic rings. The Morgan fingerprint density at radius 3 is 2.81 bits per heavy atom. The third-order valence-electron chi connectivity index (χ3n) is 9.82. The number of nitrogens with zero attached hydrogens (tertiary/aromatic N) is 3. The number of hydrogen-bond donors (Lipinski definition) is 3. The van der Waals surface area contributed by atoms with Crippen LogP contribution in [0.3, 0.4) is 0 Å². The Hall–Kier alpha value is -3.14. The van der Waals surface area contributed by atoms with Gasteiger partial charge in [-0.2, -0.15) is 0 Å². The number of halogens is 1. The van der Waals surface area contributed by atoms with Gasteiger partial charge in [-0.1, -0.05) is 29.8 Å². The van der Waals surface area contributed by atoms with Crippen molar-refractivity contribution < 1.29 is 29.6 Å². The maximum Gasteiger partial charge on any atom is 0.342 e. The summed E-state index contributed by atoms with van der Waals surface area (Å²) >= 11 is 6.37. The number of ether oxygens (including phenoxy) is 1. The van der Waals surface area contributed by atoms with Gasteiger partial charge in [0.25, 0.3) is 0 Å². The summed E-state index contributed by atoms with van der Waals surface area (Å²) in [5, 5.41) is 33.4. The third kappa shape index (κ3) is 5.16. The molecular weight excluding hydrogens is 558 g/mol. The van der Waals surface area contributed by atoms with Crippen LogP contribution in [0.5, 0.6) is 5.75 Å². The number of fused-ring (bicyclic) bond motifs is 4. The van der Waals surface area contributed by atoms with Gasteiger partial charge in [0, 0.05) is 37.1 Å². The van der Waals surface area contributed by atoms with Crippen LogP contribution < -0.4 is 9.64 Å². The molecule has 5 atom stereocenters. The molecule has 1 spiro atoms. The van der Waals surface area contributed by atoms with Gasteiger partial charge in [-0.15, -0.1) is 0 Å². The molecule has 1 fully saturated rings. The van der Waals surface area contributed by atoms with E-state index >= 15 is 0 Å². The van der Waals surface area contributed by atoms with Crippen LogP contribution in [-0.2, 0) is 27.0 Å². The van der Waals surface area contributed by atoms with E-state index in [2.05, 4.69) is 11.0 Å². The second kappa shape index (κ2) is 11.2. The van der Waals surface area contributed by atoms with Crippen LogP contribution in [-0.4, -0.2) is 76.5 Å². The molecule has 2 bridgehead atoms. The van der Waals surface area contributed by atoms with Gasteiger partial charge in [-0.25, -0.2) is 9.78 Å². The molecule has 224 valence electrons. The highest BCUT2D eigenvalue weighted by Crippen LogP contribution is 2.46. The van der Waals surface area contributed by atoms with Crippen molar-refractivity contribution in [2.24, 2.45) is 11.8 Å². The molecule has 1 saturated carbocycles. The number of hydrogen-bond acceptors (Lipinski definition) is 7. The fourth-order valence-corrected chi connectivity index (χ4v) is 7.36. The van der Waals surface area contributed by atoms with Gasteiger partial charge in [0.05, 0.1) is 24.8 Å². The lowest BCUT2D eigenvalue weighted by Crippen LogP contribution is -2.50. The van der Waals surface area contributed by atoms with E-state index in [-0.39, 0.29) is 22.9 Å². The maximum absolute atomic E-state index is 13.0. The number of amides is 1. The van der Waals surface area contributed by atoms with E-state index < -0.39 is 30.0 Å². The molecule has 3 heterocycles. The molecule has 0 radical (unpaired) electrons. The highest BCUT2D eigenvalue weighted by molar-refractivity contribution is 6.30. The van der Waals surface area contributed by atoms with Crippen molar-refractivity contribution in [3.05, 3.63) is 64.3 Å². The van der Waals surface area contributed by atoms with E-state index in [1.165, 1.54) is 22.1 Å². The number of benzene rings is 1. The summed E-state index contributed by atoms with van der Waals surface area (Å²) in [6, 6.07) is 9.16. The molecule has 6 rings (SSSR count). The molecular formula is C32H38ClN3O6. The van der Waals surface area contributed by atoms with Gasteiger partial charge in [0.1, 0.15) is 0 Å². The Bertz CT molecular complexity index is 1420. The van der Waals surface area contributed by atoms with E-state index in [0.717, 1.165) is 32.1 Å². The molecule has 2 aliphatic heterocycles. The van der Waals surface area contributed by atoms with Gasteiger partial charge in [0.2, 0.25) is 11.5 Å². The number of aryl methyl sites for hydroxylation is 1. The maximum atomic E-state index is 13.0. The Balaban J connectivity index is 1.46. The van der Waals surface area contributed by atoms with Gasteiger partial charge >= 0.3 is 5.97 Å². The number of rotatable bonds is 1. The van der Waals surface area contributed by atoms with Crippen molar-refractivity contribution in [3.63, 3.8) is 0 Å². The van der Waals surface area contributed by atoms with Crippen molar-refractivity contribution in [3.8, 4) is 5.75 Å². The van der Waals surface area contributed by atoms with Gasteiger partial charge < -0.3 is 29.9 Å². The summed E-state index contributed by atoms with van der Waals surface area (Å²) in [4.78, 5) is 33.8. The molecule has 0 saturated heterocycles. The van der Waals surface area contributed by atoms with E-state index in [4.69, 9.17) is 21.3 Å². The standard InChI is InChI=1S/C32H38ClN3O6/c1-35-14-3-2-6-25(37)23-9-7-21(23)17-36-18-31(13-4-5-20-15-22(33)8-10-24(20)31)19-42-26-11-12-27(34-29(26)36)32(41,30(39)40)16-28(35)38/h2,6,8,10-12,15,21,23,25,37,41H,3-5,7,9,13-14,16-19H2,1H3,(H,39,40)/t21-,23+,25-,31-,32-/m0/s1. The minimum atomic E-state index is -2.51. The van der Waals surface area contributed by atoms with Crippen LogP contribution in [0.15, 0.2) is 42.5 Å². The van der Waals surface area contributed by atoms with Gasteiger partial charge in [-0.3, -0.25) is 4.79 Å². The summed E-state index contributed by atoms with van der Waals surface area (Å²) < 4.78 is 6.46. The first kappa shape index (κ1) is 29.0. The molecule has 2 aliphatic carbocycles. The lowest BCUT2D eigenvalue weighted by molar-refractivity contribution is -0.165. The van der Waals surface area contributed by atoms with Crippen LogP contribution in [0.2, 0.25) is 5.02 Å². The van der Waals surface area contributed by atoms with Gasteiger partial charge in [0.15, 0.2) is 11.6 Å². The fourth-order valence-electron chi connectivity index (χ4n) is 7.17. The highest BCUT2D eigenvalue weighted by atomic mass is 35.5. The number of aromatic nitrogens is 1. The Morgan fingerprint density at radius 1 is 1.21 bits per heavy atom. The SMILES string of the molecule is CN1CCC=C[C@H](O)[C@@H]2CC[C@H]2CN2C[C@@]3(CCCc4cc(Cl)ccc43)COc3ccc(nc32)[C@](O)(C(=O)O)CC1=O. The zero-order chi connectivity index (χ0) is 29.6. The number of pyridine rings is 1. The molecule has 1 aromatic heterocycles. The first-order valence-corrected chi connectivity index (χ1v) is 15.2. The normalized spacial score (nSPS) is 31.4.